The van der Waals surface area contributed by atoms with Gasteiger partial charge in [-0.15, -0.1) is 6.58 Å². The fourth-order valence-electron chi connectivity index (χ4n) is 3.81. The number of benzene rings is 1. The second-order valence-corrected chi connectivity index (χ2v) is 8.04. The summed E-state index contributed by atoms with van der Waals surface area (Å²) in [5.41, 5.74) is 1.39. The van der Waals surface area contributed by atoms with E-state index in [0.717, 1.165) is 56.5 Å². The molecule has 0 bridgehead atoms. The molecule has 1 aromatic rings. The zero-order chi connectivity index (χ0) is 18.7. The van der Waals surface area contributed by atoms with Gasteiger partial charge < -0.3 is 26.4 Å². The van der Waals surface area contributed by atoms with E-state index in [2.05, 4.69) is 48.9 Å². The SMILES string of the molecule is C=CCCCCCCCCC(=O)N1CC[N+](C)(Cc2ccccc2)CC1.[Br-]. The molecule has 1 fully saturated rings. The number of hydrogen-bond donors (Lipinski definition) is 0. The molecule has 0 spiro atoms. The third kappa shape index (κ3) is 9.07. The van der Waals surface area contributed by atoms with Gasteiger partial charge in [0.05, 0.1) is 33.2 Å². The largest absolute Gasteiger partial charge is 1.00 e. The lowest BCUT2D eigenvalue weighted by atomic mass is 10.1. The molecule has 3 nitrogen and oxygen atoms in total. The van der Waals surface area contributed by atoms with Gasteiger partial charge in [0.25, 0.3) is 0 Å². The van der Waals surface area contributed by atoms with Crippen molar-refractivity contribution in [1.29, 1.82) is 0 Å². The summed E-state index contributed by atoms with van der Waals surface area (Å²) in [7, 11) is 2.32. The number of allylic oxidation sites excluding steroid dienone is 1. The minimum absolute atomic E-state index is 0. The summed E-state index contributed by atoms with van der Waals surface area (Å²) < 4.78 is 1.04. The zero-order valence-electron chi connectivity index (χ0n) is 17.0. The first-order chi connectivity index (χ1) is 12.6. The van der Waals surface area contributed by atoms with Crippen LogP contribution in [0.25, 0.3) is 0 Å². The highest BCUT2D eigenvalue weighted by Crippen LogP contribution is 2.17. The van der Waals surface area contributed by atoms with Crippen molar-refractivity contribution in [3.05, 3.63) is 48.6 Å². The smallest absolute Gasteiger partial charge is 0.222 e. The van der Waals surface area contributed by atoms with E-state index in [9.17, 15) is 4.79 Å². The summed E-state index contributed by atoms with van der Waals surface area (Å²) in [6.45, 7) is 8.75. The van der Waals surface area contributed by atoms with Crippen LogP contribution in [0, 0.1) is 0 Å². The van der Waals surface area contributed by atoms with Crippen LogP contribution in [0.2, 0.25) is 0 Å². The van der Waals surface area contributed by atoms with Crippen molar-refractivity contribution in [3.8, 4) is 0 Å². The van der Waals surface area contributed by atoms with Gasteiger partial charge in [0.15, 0.2) is 0 Å². The second-order valence-electron chi connectivity index (χ2n) is 8.04. The molecule has 0 N–H and O–H groups in total. The number of carbonyl (C=O) groups is 1. The molecular weight excluding hydrogens is 400 g/mol. The second kappa shape index (κ2) is 13.1. The Labute approximate surface area is 176 Å². The summed E-state index contributed by atoms with van der Waals surface area (Å²) in [4.78, 5) is 14.5. The molecule has 0 unspecified atom stereocenters. The number of hydrogen-bond acceptors (Lipinski definition) is 1. The van der Waals surface area contributed by atoms with Crippen LogP contribution in [0.5, 0.6) is 0 Å². The molecule has 1 amide bonds. The van der Waals surface area contributed by atoms with Crippen molar-refractivity contribution in [2.75, 3.05) is 33.2 Å². The summed E-state index contributed by atoms with van der Waals surface area (Å²) in [5, 5.41) is 0. The van der Waals surface area contributed by atoms with E-state index in [0.29, 0.717) is 5.91 Å². The summed E-state index contributed by atoms with van der Waals surface area (Å²) in [5.74, 6) is 0.364. The lowest BCUT2D eigenvalue weighted by Crippen LogP contribution is -3.00. The predicted octanol–water partition coefficient (Wildman–Crippen LogP) is 1.79. The quantitative estimate of drug-likeness (QED) is 0.294. The molecule has 4 heteroatoms. The van der Waals surface area contributed by atoms with E-state index in [1.165, 1.54) is 37.7 Å². The van der Waals surface area contributed by atoms with Crippen LogP contribution in [0.3, 0.4) is 0 Å². The van der Waals surface area contributed by atoms with Gasteiger partial charge in [0.1, 0.15) is 6.54 Å². The van der Waals surface area contributed by atoms with Crippen LogP contribution < -0.4 is 17.0 Å². The van der Waals surface area contributed by atoms with E-state index in [1.54, 1.807) is 0 Å². The first-order valence-electron chi connectivity index (χ1n) is 10.4. The van der Waals surface area contributed by atoms with Gasteiger partial charge in [0.2, 0.25) is 5.91 Å². The third-order valence-electron chi connectivity index (χ3n) is 5.63. The molecule has 0 radical (unpaired) electrons. The fraction of sp³-hybridized carbons (Fsp3) is 0.609. The molecule has 2 rings (SSSR count). The van der Waals surface area contributed by atoms with Crippen LogP contribution in [0.15, 0.2) is 43.0 Å². The molecule has 0 saturated carbocycles. The molecule has 27 heavy (non-hydrogen) atoms. The maximum atomic E-state index is 12.4. The Morgan fingerprint density at radius 3 is 2.26 bits per heavy atom. The Bertz CT molecular complexity index is 539. The minimum Gasteiger partial charge on any atom is -1.00 e. The molecule has 1 saturated heterocycles. The molecular formula is C23H37BrN2O. The average Bonchev–Trinajstić information content (AvgIpc) is 2.65. The Morgan fingerprint density at radius 2 is 1.63 bits per heavy atom. The van der Waals surface area contributed by atoms with Crippen molar-refractivity contribution >= 4 is 5.91 Å². The number of likely N-dealkylation sites (N-methyl/N-ethyl adjacent to an activating group) is 1. The number of piperazine rings is 1. The van der Waals surface area contributed by atoms with E-state index >= 15 is 0 Å². The number of amides is 1. The Balaban J connectivity index is 0.00000364. The van der Waals surface area contributed by atoms with Crippen molar-refractivity contribution < 1.29 is 26.3 Å². The predicted molar refractivity (Wildman–Crippen MR) is 110 cm³/mol. The van der Waals surface area contributed by atoms with Crippen molar-refractivity contribution in [3.63, 3.8) is 0 Å². The average molecular weight is 437 g/mol. The summed E-state index contributed by atoms with van der Waals surface area (Å²) >= 11 is 0. The Morgan fingerprint density at radius 1 is 1.04 bits per heavy atom. The minimum atomic E-state index is 0. The molecule has 152 valence electrons. The lowest BCUT2D eigenvalue weighted by molar-refractivity contribution is -0.926. The highest BCUT2D eigenvalue weighted by Gasteiger charge is 2.30. The fourth-order valence-corrected chi connectivity index (χ4v) is 3.81. The van der Waals surface area contributed by atoms with Gasteiger partial charge in [-0.2, -0.15) is 0 Å². The van der Waals surface area contributed by atoms with E-state index < -0.39 is 0 Å². The van der Waals surface area contributed by atoms with E-state index in [4.69, 9.17) is 0 Å². The Kier molecular flexibility index (Phi) is 11.6. The number of quaternary nitrogens is 1. The summed E-state index contributed by atoms with van der Waals surface area (Å²) in [6.07, 6.45) is 11.2. The van der Waals surface area contributed by atoms with E-state index in [-0.39, 0.29) is 17.0 Å². The van der Waals surface area contributed by atoms with Gasteiger partial charge in [-0.3, -0.25) is 4.79 Å². The van der Waals surface area contributed by atoms with Gasteiger partial charge in [0, 0.05) is 12.0 Å². The van der Waals surface area contributed by atoms with Crippen LogP contribution in [0.1, 0.15) is 56.9 Å². The van der Waals surface area contributed by atoms with Crippen molar-refractivity contribution in [2.45, 2.75) is 57.9 Å². The van der Waals surface area contributed by atoms with Crippen molar-refractivity contribution in [2.24, 2.45) is 0 Å². The normalized spacial score (nSPS) is 15.8. The van der Waals surface area contributed by atoms with Crippen LogP contribution in [0.4, 0.5) is 0 Å². The lowest BCUT2D eigenvalue weighted by Gasteiger charge is -2.42. The standard InChI is InChI=1S/C23H37N2O.BrH/c1-3-4-5-6-7-8-9-13-16-23(26)24-17-19-25(2,20-18-24)21-22-14-11-10-12-15-22;/h3,10-12,14-15H,1,4-9,13,16-21H2,2H3;1H/q+1;/p-1. The number of nitrogens with zero attached hydrogens (tertiary/aromatic N) is 2. The molecule has 1 aliphatic heterocycles. The van der Waals surface area contributed by atoms with Gasteiger partial charge in [-0.25, -0.2) is 0 Å². The van der Waals surface area contributed by atoms with Gasteiger partial charge in [-0.1, -0.05) is 62.1 Å². The molecule has 1 aliphatic rings. The molecule has 0 aliphatic carbocycles. The molecule has 0 aromatic heterocycles. The first kappa shape index (κ1) is 23.9. The van der Waals surface area contributed by atoms with Crippen LogP contribution in [-0.2, 0) is 11.3 Å². The summed E-state index contributed by atoms with van der Waals surface area (Å²) in [6, 6.07) is 10.7. The number of carbonyl (C=O) groups excluding carboxylic acids is 1. The number of rotatable bonds is 11. The maximum Gasteiger partial charge on any atom is 0.222 e. The highest BCUT2D eigenvalue weighted by molar-refractivity contribution is 5.76. The zero-order valence-corrected chi connectivity index (χ0v) is 18.6. The highest BCUT2D eigenvalue weighted by atomic mass is 79.9. The van der Waals surface area contributed by atoms with Gasteiger partial charge in [-0.05, 0) is 19.3 Å². The topological polar surface area (TPSA) is 20.3 Å². The monoisotopic (exact) mass is 436 g/mol. The first-order valence-corrected chi connectivity index (χ1v) is 10.4. The van der Waals surface area contributed by atoms with Crippen LogP contribution in [-0.4, -0.2) is 48.5 Å². The van der Waals surface area contributed by atoms with Crippen LogP contribution >= 0.6 is 0 Å². The Hall–Kier alpha value is -1.13. The molecule has 1 heterocycles. The molecule has 1 aromatic carbocycles. The van der Waals surface area contributed by atoms with Gasteiger partial charge >= 0.3 is 0 Å². The number of halogens is 1. The van der Waals surface area contributed by atoms with E-state index in [1.807, 2.05) is 6.08 Å². The van der Waals surface area contributed by atoms with Crippen molar-refractivity contribution in [1.82, 2.24) is 4.90 Å². The number of unbranched alkanes of at least 4 members (excludes halogenated alkanes) is 6. The molecule has 0 atom stereocenters. The third-order valence-corrected chi connectivity index (χ3v) is 5.63. The maximum absolute atomic E-state index is 12.4.